The minimum absolute atomic E-state index is 0.0757. The number of nitrogens with zero attached hydrogens (tertiary/aromatic N) is 5. The number of aromatic nitrogens is 4. The summed E-state index contributed by atoms with van der Waals surface area (Å²) in [6.07, 6.45) is 4.55. The van der Waals surface area contributed by atoms with Crippen LogP contribution in [-0.4, -0.2) is 68.0 Å². The highest BCUT2D eigenvalue weighted by Gasteiger charge is 2.32. The van der Waals surface area contributed by atoms with Crippen molar-refractivity contribution < 1.29 is 27.9 Å². The number of amides is 3. The van der Waals surface area contributed by atoms with Gasteiger partial charge in [-0.05, 0) is 52.5 Å². The summed E-state index contributed by atoms with van der Waals surface area (Å²) in [4.78, 5) is 56.5. The van der Waals surface area contributed by atoms with Crippen LogP contribution in [0.15, 0.2) is 30.9 Å². The summed E-state index contributed by atoms with van der Waals surface area (Å²) in [5.41, 5.74) is -0.815. The predicted octanol–water partition coefficient (Wildman–Crippen LogP) is 6.29. The van der Waals surface area contributed by atoms with Crippen LogP contribution in [0, 0.1) is 5.92 Å². The van der Waals surface area contributed by atoms with E-state index in [1.165, 1.54) is 19.4 Å². The van der Waals surface area contributed by atoms with Gasteiger partial charge in [0.05, 0.1) is 17.3 Å². The molecule has 0 aliphatic carbocycles. The van der Waals surface area contributed by atoms with E-state index in [9.17, 15) is 23.2 Å². The Labute approximate surface area is 274 Å². The van der Waals surface area contributed by atoms with Crippen LogP contribution in [0.3, 0.4) is 0 Å². The molecule has 1 aliphatic heterocycles. The molecule has 248 valence electrons. The molecule has 0 bridgehead atoms. The van der Waals surface area contributed by atoms with Gasteiger partial charge in [0.1, 0.15) is 39.1 Å². The van der Waals surface area contributed by atoms with Crippen molar-refractivity contribution in [3.05, 3.63) is 57.0 Å². The van der Waals surface area contributed by atoms with Crippen LogP contribution in [0.5, 0.6) is 0 Å². The molecule has 3 aromatic heterocycles. The molecule has 3 N–H and O–H groups in total. The topological polar surface area (TPSA) is 151 Å². The highest BCUT2D eigenvalue weighted by Crippen LogP contribution is 2.37. The average Bonchev–Trinajstić information content (AvgIpc) is 3.51. The van der Waals surface area contributed by atoms with Crippen LogP contribution in [0.25, 0.3) is 0 Å². The van der Waals surface area contributed by atoms with E-state index in [0.29, 0.717) is 36.4 Å². The third kappa shape index (κ3) is 9.28. The minimum Gasteiger partial charge on any atom is -0.444 e. The summed E-state index contributed by atoms with van der Waals surface area (Å²) in [7, 11) is 0. The number of hydrogen-bond acceptors (Lipinski definition) is 10. The lowest BCUT2D eigenvalue weighted by molar-refractivity contribution is -0.00823. The minimum atomic E-state index is -3.17. The van der Waals surface area contributed by atoms with Crippen molar-refractivity contribution in [1.82, 2.24) is 30.2 Å². The van der Waals surface area contributed by atoms with Crippen LogP contribution in [-0.2, 0) is 10.7 Å². The lowest BCUT2D eigenvalue weighted by atomic mass is 9.97. The largest absolute Gasteiger partial charge is 0.444 e. The number of alkyl halides is 2. The van der Waals surface area contributed by atoms with E-state index < -0.39 is 41.4 Å². The van der Waals surface area contributed by atoms with Gasteiger partial charge in [0, 0.05) is 43.9 Å². The standard InChI is InChI=1S/C30H37ClF2N8O4S/c1-6-30(32,33)19-11-24(35-14-20(19)31)40-26(43)22-15-36-27(46-22)17(2)39-25(42)21-12-23(38-16-37-21)34-13-18-7-9-41(10-8-18)28(44)45-29(3,4)5/h11-12,14-18H,6-10,13H2,1-5H3,(H,39,42)(H,34,37,38)(H,35,40,43). The van der Waals surface area contributed by atoms with Crippen molar-refractivity contribution >= 4 is 52.5 Å². The molecule has 1 fully saturated rings. The number of thiazole rings is 1. The molecule has 12 nitrogen and oxygen atoms in total. The molecule has 3 aromatic rings. The summed E-state index contributed by atoms with van der Waals surface area (Å²) in [5, 5.41) is 8.82. The molecule has 1 unspecified atom stereocenters. The SMILES string of the molecule is CCC(F)(F)c1cc(NC(=O)c2cnc(C(C)NC(=O)c3cc(NCC4CCN(C(=O)OC(C)(C)C)CC4)ncn3)s2)ncc1Cl. The average molecular weight is 679 g/mol. The number of carbonyl (C=O) groups is 3. The Bertz CT molecular complexity index is 1560. The first-order chi connectivity index (χ1) is 21.6. The van der Waals surface area contributed by atoms with Gasteiger partial charge in [-0.25, -0.2) is 33.5 Å². The Morgan fingerprint density at radius 1 is 1.07 bits per heavy atom. The first-order valence-corrected chi connectivity index (χ1v) is 16.0. The molecular formula is C30H37ClF2N8O4S. The number of ether oxygens (including phenoxy) is 1. The van der Waals surface area contributed by atoms with E-state index in [-0.39, 0.29) is 27.5 Å². The maximum absolute atomic E-state index is 14.2. The normalized spacial score (nSPS) is 14.8. The zero-order valence-corrected chi connectivity index (χ0v) is 27.8. The Hall–Kier alpha value is -3.98. The third-order valence-electron chi connectivity index (χ3n) is 7.14. The van der Waals surface area contributed by atoms with Crippen LogP contribution in [0.1, 0.15) is 90.7 Å². The van der Waals surface area contributed by atoms with Gasteiger partial charge in [-0.2, -0.15) is 0 Å². The lowest BCUT2D eigenvalue weighted by Gasteiger charge is -2.33. The number of hydrogen-bond donors (Lipinski definition) is 3. The van der Waals surface area contributed by atoms with Crippen LogP contribution < -0.4 is 16.0 Å². The van der Waals surface area contributed by atoms with Crippen molar-refractivity contribution in [3.63, 3.8) is 0 Å². The summed E-state index contributed by atoms with van der Waals surface area (Å²) in [6, 6.07) is 2.03. The van der Waals surface area contributed by atoms with Gasteiger partial charge in [-0.3, -0.25) is 9.59 Å². The number of piperidine rings is 1. The maximum atomic E-state index is 14.2. The third-order valence-corrected chi connectivity index (χ3v) is 8.62. The second-order valence-corrected chi connectivity index (χ2v) is 13.4. The lowest BCUT2D eigenvalue weighted by Crippen LogP contribution is -2.42. The van der Waals surface area contributed by atoms with Crippen molar-refractivity contribution in [2.45, 2.75) is 71.4 Å². The predicted molar refractivity (Wildman–Crippen MR) is 170 cm³/mol. The fraction of sp³-hybridized carbons (Fsp3) is 0.500. The van der Waals surface area contributed by atoms with Gasteiger partial charge in [0.15, 0.2) is 0 Å². The van der Waals surface area contributed by atoms with E-state index in [1.54, 1.807) is 17.9 Å². The van der Waals surface area contributed by atoms with Crippen molar-refractivity contribution in [2.24, 2.45) is 5.92 Å². The number of pyridine rings is 1. The van der Waals surface area contributed by atoms with E-state index in [1.807, 2.05) is 20.8 Å². The van der Waals surface area contributed by atoms with Gasteiger partial charge >= 0.3 is 6.09 Å². The maximum Gasteiger partial charge on any atom is 0.410 e. The Balaban J connectivity index is 1.28. The quantitative estimate of drug-likeness (QED) is 0.225. The van der Waals surface area contributed by atoms with E-state index in [2.05, 4.69) is 35.9 Å². The van der Waals surface area contributed by atoms with Gasteiger partial charge in [0.25, 0.3) is 17.7 Å². The summed E-state index contributed by atoms with van der Waals surface area (Å²) in [5.74, 6) is -3.49. The second-order valence-electron chi connectivity index (χ2n) is 11.9. The molecule has 0 saturated carbocycles. The molecular weight excluding hydrogens is 642 g/mol. The molecule has 0 aromatic carbocycles. The monoisotopic (exact) mass is 678 g/mol. The van der Waals surface area contributed by atoms with Crippen LogP contribution in [0.4, 0.5) is 25.2 Å². The molecule has 0 spiro atoms. The zero-order valence-electron chi connectivity index (χ0n) is 26.2. The van der Waals surface area contributed by atoms with Gasteiger partial charge in [-0.15, -0.1) is 11.3 Å². The Morgan fingerprint density at radius 2 is 1.78 bits per heavy atom. The molecule has 0 radical (unpaired) electrons. The van der Waals surface area contributed by atoms with Crippen LogP contribution >= 0.6 is 22.9 Å². The molecule has 3 amide bonds. The molecule has 4 heterocycles. The fourth-order valence-corrected chi connectivity index (χ4v) is 5.61. The Morgan fingerprint density at radius 3 is 2.46 bits per heavy atom. The molecule has 4 rings (SSSR count). The van der Waals surface area contributed by atoms with Gasteiger partial charge in [-0.1, -0.05) is 18.5 Å². The number of rotatable bonds is 10. The molecule has 16 heteroatoms. The number of nitrogens with one attached hydrogen (secondary N) is 3. The number of anilines is 2. The first-order valence-electron chi connectivity index (χ1n) is 14.8. The van der Waals surface area contributed by atoms with Crippen molar-refractivity contribution in [2.75, 3.05) is 30.3 Å². The van der Waals surface area contributed by atoms with Crippen molar-refractivity contribution in [3.8, 4) is 0 Å². The molecule has 46 heavy (non-hydrogen) atoms. The summed E-state index contributed by atoms with van der Waals surface area (Å²) < 4.78 is 33.9. The van der Waals surface area contributed by atoms with Crippen LogP contribution in [0.2, 0.25) is 5.02 Å². The summed E-state index contributed by atoms with van der Waals surface area (Å²) in [6.45, 7) is 10.4. The fourth-order valence-electron chi connectivity index (χ4n) is 4.55. The number of carbonyl (C=O) groups excluding carboxylic acids is 3. The number of halogens is 3. The molecule has 1 aliphatic rings. The van der Waals surface area contributed by atoms with E-state index >= 15 is 0 Å². The second kappa shape index (κ2) is 14.6. The van der Waals surface area contributed by atoms with E-state index in [4.69, 9.17) is 16.3 Å². The Kier molecular flexibility index (Phi) is 11.1. The van der Waals surface area contributed by atoms with Gasteiger partial charge < -0.3 is 25.6 Å². The smallest absolute Gasteiger partial charge is 0.410 e. The van der Waals surface area contributed by atoms with Crippen molar-refractivity contribution in [1.29, 1.82) is 0 Å². The first kappa shape index (κ1) is 34.9. The van der Waals surface area contributed by atoms with E-state index in [0.717, 1.165) is 36.4 Å². The number of likely N-dealkylation sites (tertiary alicyclic amines) is 1. The highest BCUT2D eigenvalue weighted by atomic mass is 35.5. The van der Waals surface area contributed by atoms with Gasteiger partial charge in [0.2, 0.25) is 0 Å². The molecule has 1 atom stereocenters. The highest BCUT2D eigenvalue weighted by molar-refractivity contribution is 7.13. The molecule has 1 saturated heterocycles. The zero-order chi connectivity index (χ0) is 33.6. The summed E-state index contributed by atoms with van der Waals surface area (Å²) >= 11 is 6.93.